The van der Waals surface area contributed by atoms with Crippen molar-refractivity contribution in [3.05, 3.63) is 28.8 Å². The number of carbonyl (C=O) groups excluding carboxylic acids is 1. The van der Waals surface area contributed by atoms with Gasteiger partial charge in [0.1, 0.15) is 5.82 Å². The first kappa shape index (κ1) is 14.9. The number of hydrogen-bond donors (Lipinski definition) is 2. The molecule has 6 heteroatoms. The Morgan fingerprint density at radius 3 is 2.67 bits per heavy atom. The molecule has 1 aromatic carbocycles. The Bertz CT molecular complexity index is 413. The summed E-state index contributed by atoms with van der Waals surface area (Å²) in [5.41, 5.74) is 5.28. The maximum absolute atomic E-state index is 13.4. The van der Waals surface area contributed by atoms with E-state index in [1.165, 1.54) is 0 Å². The van der Waals surface area contributed by atoms with Crippen LogP contribution in [0.3, 0.4) is 0 Å². The van der Waals surface area contributed by atoms with Gasteiger partial charge in [0.05, 0.1) is 10.7 Å². The molecule has 0 fully saturated rings. The van der Waals surface area contributed by atoms with Crippen LogP contribution in [0.4, 0.5) is 14.5 Å². The maximum Gasteiger partial charge on any atom is 0.224 e. The van der Waals surface area contributed by atoms with E-state index in [9.17, 15) is 13.6 Å². The lowest BCUT2D eigenvalue weighted by molar-refractivity contribution is -0.117. The second-order valence-electron chi connectivity index (χ2n) is 4.01. The van der Waals surface area contributed by atoms with E-state index in [0.29, 0.717) is 12.6 Å². The number of benzene rings is 1. The minimum atomic E-state index is -0.894. The number of carbonyl (C=O) groups is 1. The van der Waals surface area contributed by atoms with Crippen molar-refractivity contribution in [2.75, 3.05) is 11.9 Å². The molecule has 0 aliphatic carbocycles. The number of nitrogens with one attached hydrogen (secondary N) is 1. The fourth-order valence-electron chi connectivity index (χ4n) is 1.51. The lowest BCUT2D eigenvalue weighted by atomic mass is 10.0. The highest BCUT2D eigenvalue weighted by atomic mass is 35.5. The Morgan fingerprint density at radius 1 is 1.50 bits per heavy atom. The van der Waals surface area contributed by atoms with Crippen molar-refractivity contribution in [1.29, 1.82) is 0 Å². The summed E-state index contributed by atoms with van der Waals surface area (Å²) in [4.78, 5) is 11.6. The SMILES string of the molecule is CCC(CN)CC(=O)Nc1c(F)cc(F)cc1Cl. The van der Waals surface area contributed by atoms with Crippen molar-refractivity contribution in [1.82, 2.24) is 0 Å². The molecule has 3 N–H and O–H groups in total. The highest BCUT2D eigenvalue weighted by Crippen LogP contribution is 2.26. The monoisotopic (exact) mass is 276 g/mol. The van der Waals surface area contributed by atoms with Crippen LogP contribution < -0.4 is 11.1 Å². The minimum absolute atomic E-state index is 0.0345. The minimum Gasteiger partial charge on any atom is -0.330 e. The summed E-state index contributed by atoms with van der Waals surface area (Å²) < 4.78 is 26.2. The molecule has 100 valence electrons. The van der Waals surface area contributed by atoms with Crippen LogP contribution in [0.5, 0.6) is 0 Å². The van der Waals surface area contributed by atoms with Crippen LogP contribution in [0.2, 0.25) is 5.02 Å². The first-order valence-corrected chi connectivity index (χ1v) is 6.00. The average Bonchev–Trinajstić information content (AvgIpc) is 2.30. The number of amides is 1. The van der Waals surface area contributed by atoms with Gasteiger partial charge in [-0.25, -0.2) is 8.78 Å². The van der Waals surface area contributed by atoms with Gasteiger partial charge in [0.15, 0.2) is 5.82 Å². The van der Waals surface area contributed by atoms with Crippen LogP contribution in [-0.4, -0.2) is 12.5 Å². The van der Waals surface area contributed by atoms with E-state index in [1.807, 2.05) is 6.92 Å². The van der Waals surface area contributed by atoms with E-state index in [1.54, 1.807) is 0 Å². The average molecular weight is 277 g/mol. The number of anilines is 1. The van der Waals surface area contributed by atoms with Crippen molar-refractivity contribution in [2.45, 2.75) is 19.8 Å². The molecule has 0 saturated carbocycles. The molecule has 0 aromatic heterocycles. The second-order valence-corrected chi connectivity index (χ2v) is 4.41. The van der Waals surface area contributed by atoms with Gasteiger partial charge < -0.3 is 11.1 Å². The van der Waals surface area contributed by atoms with Crippen molar-refractivity contribution < 1.29 is 13.6 Å². The first-order chi connectivity index (χ1) is 8.47. The second kappa shape index (κ2) is 6.66. The number of halogens is 3. The molecule has 18 heavy (non-hydrogen) atoms. The molecule has 0 radical (unpaired) electrons. The van der Waals surface area contributed by atoms with Gasteiger partial charge in [-0.3, -0.25) is 4.79 Å². The zero-order valence-corrected chi connectivity index (χ0v) is 10.7. The molecule has 1 aromatic rings. The lowest BCUT2D eigenvalue weighted by Crippen LogP contribution is -2.22. The van der Waals surface area contributed by atoms with Gasteiger partial charge in [0, 0.05) is 12.5 Å². The molecule has 0 aliphatic heterocycles. The number of hydrogen-bond acceptors (Lipinski definition) is 2. The molecule has 0 bridgehead atoms. The summed E-state index contributed by atoms with van der Waals surface area (Å²) in [6.45, 7) is 2.29. The van der Waals surface area contributed by atoms with Crippen LogP contribution in [0, 0.1) is 17.6 Å². The molecule has 1 rings (SSSR count). The van der Waals surface area contributed by atoms with Gasteiger partial charge in [-0.15, -0.1) is 0 Å². The summed E-state index contributed by atoms with van der Waals surface area (Å²) in [5.74, 6) is -2.04. The molecule has 0 aliphatic rings. The van der Waals surface area contributed by atoms with E-state index < -0.39 is 11.6 Å². The quantitative estimate of drug-likeness (QED) is 0.869. The summed E-state index contributed by atoms with van der Waals surface area (Å²) in [7, 11) is 0. The molecule has 0 heterocycles. The van der Waals surface area contributed by atoms with Gasteiger partial charge in [0.25, 0.3) is 0 Å². The Kier molecular flexibility index (Phi) is 5.50. The number of rotatable bonds is 5. The predicted molar refractivity (Wildman–Crippen MR) is 67.5 cm³/mol. The standard InChI is InChI=1S/C12H15ClF2N2O/c1-2-7(6-16)3-11(18)17-12-9(13)4-8(14)5-10(12)15/h4-5,7H,2-3,6,16H2,1H3,(H,17,18). The first-order valence-electron chi connectivity index (χ1n) is 5.62. The van der Waals surface area contributed by atoms with Crippen LogP contribution in [0.25, 0.3) is 0 Å². The molecule has 0 spiro atoms. The molecule has 1 unspecified atom stereocenters. The third-order valence-electron chi connectivity index (χ3n) is 2.66. The highest BCUT2D eigenvalue weighted by molar-refractivity contribution is 6.33. The Balaban J connectivity index is 2.76. The summed E-state index contributed by atoms with van der Waals surface area (Å²) in [5, 5.41) is 2.17. The molecule has 3 nitrogen and oxygen atoms in total. The number of nitrogens with two attached hydrogens (primary N) is 1. The summed E-state index contributed by atoms with van der Waals surface area (Å²) >= 11 is 5.66. The van der Waals surface area contributed by atoms with Crippen molar-refractivity contribution in [2.24, 2.45) is 11.7 Å². The fourth-order valence-corrected chi connectivity index (χ4v) is 1.75. The third-order valence-corrected chi connectivity index (χ3v) is 2.95. The van der Waals surface area contributed by atoms with E-state index in [4.69, 9.17) is 17.3 Å². The van der Waals surface area contributed by atoms with Crippen LogP contribution in [-0.2, 0) is 4.79 Å². The highest BCUT2D eigenvalue weighted by Gasteiger charge is 2.15. The third kappa shape index (κ3) is 3.92. The zero-order valence-electron chi connectivity index (χ0n) is 9.97. The van der Waals surface area contributed by atoms with Crippen LogP contribution in [0.1, 0.15) is 19.8 Å². The fraction of sp³-hybridized carbons (Fsp3) is 0.417. The predicted octanol–water partition coefficient (Wildman–Crippen LogP) is 2.93. The Hall–Kier alpha value is -1.20. The van der Waals surface area contributed by atoms with E-state index in [2.05, 4.69) is 5.32 Å². The molecule has 1 amide bonds. The Labute approximate surface area is 109 Å². The molecule has 0 saturated heterocycles. The largest absolute Gasteiger partial charge is 0.330 e. The summed E-state index contributed by atoms with van der Waals surface area (Å²) in [6.07, 6.45) is 0.934. The summed E-state index contributed by atoms with van der Waals surface area (Å²) in [6, 6.07) is 1.61. The van der Waals surface area contributed by atoms with Gasteiger partial charge >= 0.3 is 0 Å². The molecular formula is C12H15ClF2N2O. The van der Waals surface area contributed by atoms with E-state index in [-0.39, 0.29) is 29.0 Å². The van der Waals surface area contributed by atoms with Crippen molar-refractivity contribution in [3.8, 4) is 0 Å². The van der Waals surface area contributed by atoms with Gasteiger partial charge in [-0.05, 0) is 18.5 Å². The smallest absolute Gasteiger partial charge is 0.224 e. The van der Waals surface area contributed by atoms with Crippen molar-refractivity contribution in [3.63, 3.8) is 0 Å². The van der Waals surface area contributed by atoms with Gasteiger partial charge in [0.2, 0.25) is 5.91 Å². The zero-order chi connectivity index (χ0) is 13.7. The maximum atomic E-state index is 13.4. The molecule has 1 atom stereocenters. The van der Waals surface area contributed by atoms with E-state index in [0.717, 1.165) is 12.5 Å². The Morgan fingerprint density at radius 2 is 2.17 bits per heavy atom. The van der Waals surface area contributed by atoms with Crippen LogP contribution in [0.15, 0.2) is 12.1 Å². The lowest BCUT2D eigenvalue weighted by Gasteiger charge is -2.13. The van der Waals surface area contributed by atoms with Crippen molar-refractivity contribution >= 4 is 23.2 Å². The van der Waals surface area contributed by atoms with Crippen LogP contribution >= 0.6 is 11.6 Å². The van der Waals surface area contributed by atoms with Gasteiger partial charge in [-0.1, -0.05) is 24.9 Å². The topological polar surface area (TPSA) is 55.1 Å². The van der Waals surface area contributed by atoms with E-state index >= 15 is 0 Å². The normalized spacial score (nSPS) is 12.3. The van der Waals surface area contributed by atoms with Gasteiger partial charge in [-0.2, -0.15) is 0 Å². The molecular weight excluding hydrogens is 262 g/mol.